The standard InChI is InChI=1S/C13H21N3OS/c1-3-4-11-15-12(14-2)9-13(16-11)18-10-5-7-17-8-6-10/h9-10H,3-8H2,1-2H3,(H,14,15,16). The third kappa shape index (κ3) is 3.85. The minimum atomic E-state index is 0.632. The number of aryl methyl sites for hydroxylation is 1. The molecule has 2 rings (SSSR count). The van der Waals surface area contributed by atoms with Crippen LogP contribution in [0.15, 0.2) is 11.1 Å². The van der Waals surface area contributed by atoms with Crippen LogP contribution >= 0.6 is 11.8 Å². The summed E-state index contributed by atoms with van der Waals surface area (Å²) in [5.74, 6) is 1.86. The molecule has 1 aromatic rings. The number of aromatic nitrogens is 2. The summed E-state index contributed by atoms with van der Waals surface area (Å²) in [4.78, 5) is 9.11. The Hall–Kier alpha value is -0.810. The second-order valence-corrected chi connectivity index (χ2v) is 5.76. The summed E-state index contributed by atoms with van der Waals surface area (Å²) >= 11 is 1.86. The molecule has 0 amide bonds. The van der Waals surface area contributed by atoms with Crippen molar-refractivity contribution in [2.75, 3.05) is 25.6 Å². The van der Waals surface area contributed by atoms with Gasteiger partial charge in [0.15, 0.2) is 0 Å². The van der Waals surface area contributed by atoms with Crippen LogP contribution in [0.3, 0.4) is 0 Å². The molecule has 2 heterocycles. The van der Waals surface area contributed by atoms with Crippen LogP contribution in [-0.2, 0) is 11.2 Å². The second kappa shape index (κ2) is 6.95. The van der Waals surface area contributed by atoms with Gasteiger partial charge < -0.3 is 10.1 Å². The number of hydrogen-bond acceptors (Lipinski definition) is 5. The van der Waals surface area contributed by atoms with Gasteiger partial charge in [0.2, 0.25) is 0 Å². The monoisotopic (exact) mass is 267 g/mol. The molecule has 0 aromatic carbocycles. The smallest absolute Gasteiger partial charge is 0.132 e. The van der Waals surface area contributed by atoms with Crippen LogP contribution in [0.4, 0.5) is 5.82 Å². The van der Waals surface area contributed by atoms with Crippen molar-refractivity contribution in [3.8, 4) is 0 Å². The van der Waals surface area contributed by atoms with Crippen molar-refractivity contribution in [1.82, 2.24) is 9.97 Å². The van der Waals surface area contributed by atoms with Crippen LogP contribution in [0.1, 0.15) is 32.0 Å². The molecule has 1 saturated heterocycles. The van der Waals surface area contributed by atoms with Crippen LogP contribution in [0.2, 0.25) is 0 Å². The Bertz CT molecular complexity index is 380. The van der Waals surface area contributed by atoms with E-state index in [1.54, 1.807) is 0 Å². The lowest BCUT2D eigenvalue weighted by atomic mass is 10.2. The first-order valence-corrected chi connectivity index (χ1v) is 7.50. The summed E-state index contributed by atoms with van der Waals surface area (Å²) in [6.45, 7) is 3.91. The number of ether oxygens (including phenoxy) is 1. The number of hydrogen-bond donors (Lipinski definition) is 1. The van der Waals surface area contributed by atoms with E-state index in [1.807, 2.05) is 24.9 Å². The highest BCUT2D eigenvalue weighted by atomic mass is 32.2. The van der Waals surface area contributed by atoms with E-state index in [0.29, 0.717) is 5.25 Å². The maximum Gasteiger partial charge on any atom is 0.132 e. The van der Waals surface area contributed by atoms with Gasteiger partial charge in [-0.1, -0.05) is 6.92 Å². The lowest BCUT2D eigenvalue weighted by Gasteiger charge is -2.21. The van der Waals surface area contributed by atoms with Gasteiger partial charge in [0.05, 0.1) is 0 Å². The zero-order valence-electron chi connectivity index (χ0n) is 11.1. The summed E-state index contributed by atoms with van der Waals surface area (Å²) in [5, 5.41) is 4.83. The second-order valence-electron chi connectivity index (χ2n) is 4.44. The first-order chi connectivity index (χ1) is 8.81. The average Bonchev–Trinajstić information content (AvgIpc) is 2.40. The molecule has 4 nitrogen and oxygen atoms in total. The van der Waals surface area contributed by atoms with Gasteiger partial charge in [-0.05, 0) is 19.3 Å². The molecule has 1 aliphatic rings. The van der Waals surface area contributed by atoms with Gasteiger partial charge in [-0.15, -0.1) is 11.8 Å². The summed E-state index contributed by atoms with van der Waals surface area (Å²) in [7, 11) is 1.90. The Morgan fingerprint density at radius 2 is 2.17 bits per heavy atom. The van der Waals surface area contributed by atoms with Gasteiger partial charge >= 0.3 is 0 Å². The van der Waals surface area contributed by atoms with Gasteiger partial charge in [-0.25, -0.2) is 9.97 Å². The van der Waals surface area contributed by atoms with Gasteiger partial charge in [-0.2, -0.15) is 0 Å². The first-order valence-electron chi connectivity index (χ1n) is 6.62. The van der Waals surface area contributed by atoms with Gasteiger partial charge in [0, 0.05) is 38.0 Å². The average molecular weight is 267 g/mol. The summed E-state index contributed by atoms with van der Waals surface area (Å²) < 4.78 is 5.39. The number of anilines is 1. The third-order valence-corrected chi connectivity index (χ3v) is 4.19. The highest BCUT2D eigenvalue weighted by molar-refractivity contribution is 7.99. The van der Waals surface area contributed by atoms with Crippen LogP contribution in [0.5, 0.6) is 0 Å². The van der Waals surface area contributed by atoms with Crippen molar-refractivity contribution >= 4 is 17.6 Å². The highest BCUT2D eigenvalue weighted by Crippen LogP contribution is 2.29. The van der Waals surface area contributed by atoms with Crippen LogP contribution in [0, 0.1) is 0 Å². The zero-order chi connectivity index (χ0) is 12.8. The highest BCUT2D eigenvalue weighted by Gasteiger charge is 2.16. The van der Waals surface area contributed by atoms with Crippen molar-refractivity contribution in [1.29, 1.82) is 0 Å². The summed E-state index contributed by atoms with van der Waals surface area (Å²) in [6.07, 6.45) is 4.25. The molecule has 0 spiro atoms. The van der Waals surface area contributed by atoms with E-state index in [0.717, 1.165) is 55.6 Å². The molecule has 1 fully saturated rings. The third-order valence-electron chi connectivity index (χ3n) is 2.93. The van der Waals surface area contributed by atoms with E-state index < -0.39 is 0 Å². The van der Waals surface area contributed by atoms with Crippen LogP contribution in [-0.4, -0.2) is 35.5 Å². The largest absolute Gasteiger partial charge is 0.381 e. The van der Waals surface area contributed by atoms with E-state index in [-0.39, 0.29) is 0 Å². The van der Waals surface area contributed by atoms with Crippen LogP contribution < -0.4 is 5.32 Å². The molecule has 0 saturated carbocycles. The first kappa shape index (κ1) is 13.6. The SMILES string of the molecule is CCCc1nc(NC)cc(SC2CCOCC2)n1. The molecule has 0 unspecified atom stereocenters. The lowest BCUT2D eigenvalue weighted by Crippen LogP contribution is -2.17. The van der Waals surface area contributed by atoms with E-state index in [2.05, 4.69) is 22.2 Å². The predicted molar refractivity (Wildman–Crippen MR) is 75.3 cm³/mol. The maximum atomic E-state index is 5.39. The molecule has 0 atom stereocenters. The van der Waals surface area contributed by atoms with Gasteiger partial charge in [-0.3, -0.25) is 0 Å². The molecule has 0 radical (unpaired) electrons. The fourth-order valence-corrected chi connectivity index (χ4v) is 3.07. The van der Waals surface area contributed by atoms with Crippen molar-refractivity contribution in [2.45, 2.75) is 42.9 Å². The quantitative estimate of drug-likeness (QED) is 0.831. The van der Waals surface area contributed by atoms with Crippen molar-refractivity contribution < 1.29 is 4.74 Å². The molecular weight excluding hydrogens is 246 g/mol. The topological polar surface area (TPSA) is 47.0 Å². The maximum absolute atomic E-state index is 5.39. The Labute approximate surface area is 113 Å². The van der Waals surface area contributed by atoms with E-state index >= 15 is 0 Å². The molecule has 0 aliphatic carbocycles. The normalized spacial score (nSPS) is 16.8. The Balaban J connectivity index is 2.07. The molecule has 18 heavy (non-hydrogen) atoms. The van der Waals surface area contributed by atoms with Crippen molar-refractivity contribution in [3.63, 3.8) is 0 Å². The Morgan fingerprint density at radius 3 is 2.83 bits per heavy atom. The van der Waals surface area contributed by atoms with E-state index in [9.17, 15) is 0 Å². The summed E-state index contributed by atoms with van der Waals surface area (Å²) in [6, 6.07) is 2.04. The predicted octanol–water partition coefficient (Wildman–Crippen LogP) is 2.74. The molecular formula is C13H21N3OS. The fraction of sp³-hybridized carbons (Fsp3) is 0.692. The summed E-state index contributed by atoms with van der Waals surface area (Å²) in [5.41, 5.74) is 0. The Kier molecular flexibility index (Phi) is 5.26. The number of thioether (sulfide) groups is 1. The molecule has 1 aromatic heterocycles. The van der Waals surface area contributed by atoms with Crippen LogP contribution in [0.25, 0.3) is 0 Å². The molecule has 1 aliphatic heterocycles. The Morgan fingerprint density at radius 1 is 1.39 bits per heavy atom. The fourth-order valence-electron chi connectivity index (χ4n) is 1.96. The minimum Gasteiger partial charge on any atom is -0.381 e. The number of nitrogens with zero attached hydrogens (tertiary/aromatic N) is 2. The van der Waals surface area contributed by atoms with Gasteiger partial charge in [0.1, 0.15) is 16.7 Å². The van der Waals surface area contributed by atoms with Crippen molar-refractivity contribution in [3.05, 3.63) is 11.9 Å². The number of rotatable bonds is 5. The number of nitrogens with one attached hydrogen (secondary N) is 1. The minimum absolute atomic E-state index is 0.632. The van der Waals surface area contributed by atoms with Crippen molar-refractivity contribution in [2.24, 2.45) is 0 Å². The van der Waals surface area contributed by atoms with E-state index in [4.69, 9.17) is 4.74 Å². The lowest BCUT2D eigenvalue weighted by molar-refractivity contribution is 0.1000. The molecule has 1 N–H and O–H groups in total. The molecule has 5 heteroatoms. The molecule has 0 bridgehead atoms. The van der Waals surface area contributed by atoms with E-state index in [1.165, 1.54) is 0 Å². The van der Waals surface area contributed by atoms with Gasteiger partial charge in [0.25, 0.3) is 0 Å². The molecule has 100 valence electrons. The zero-order valence-corrected chi connectivity index (χ0v) is 11.9.